The van der Waals surface area contributed by atoms with Crippen LogP contribution in [0.2, 0.25) is 0 Å². The summed E-state index contributed by atoms with van der Waals surface area (Å²) in [5, 5.41) is 8.74. The van der Waals surface area contributed by atoms with E-state index in [0.717, 1.165) is 6.07 Å². The minimum atomic E-state index is -4.75. The van der Waals surface area contributed by atoms with Crippen LogP contribution in [0.4, 0.5) is 13.2 Å². The standard InChI is InChI=1S/C8H6BrF3O2/c9-6-2-1-5(4-13)7(3-6)14-8(10,11)12/h1-3,13H,4H2. The van der Waals surface area contributed by atoms with E-state index in [2.05, 4.69) is 20.7 Å². The van der Waals surface area contributed by atoms with Gasteiger partial charge in [0.15, 0.2) is 0 Å². The Morgan fingerprint density at radius 1 is 1.36 bits per heavy atom. The zero-order chi connectivity index (χ0) is 10.8. The summed E-state index contributed by atoms with van der Waals surface area (Å²) in [6.07, 6.45) is -4.75. The van der Waals surface area contributed by atoms with Crippen LogP contribution in [0.25, 0.3) is 0 Å². The molecule has 0 saturated heterocycles. The monoisotopic (exact) mass is 270 g/mol. The van der Waals surface area contributed by atoms with Crippen molar-refractivity contribution in [3.8, 4) is 5.75 Å². The van der Waals surface area contributed by atoms with Crippen molar-refractivity contribution in [1.29, 1.82) is 0 Å². The SMILES string of the molecule is OCc1ccc(Br)cc1OC(F)(F)F. The molecule has 1 rings (SSSR count). The minimum Gasteiger partial charge on any atom is -0.405 e. The quantitative estimate of drug-likeness (QED) is 0.896. The molecule has 0 aliphatic carbocycles. The Morgan fingerprint density at radius 2 is 2.00 bits per heavy atom. The highest BCUT2D eigenvalue weighted by molar-refractivity contribution is 9.10. The Balaban J connectivity index is 2.99. The summed E-state index contributed by atoms with van der Waals surface area (Å²) in [6.45, 7) is -0.501. The summed E-state index contributed by atoms with van der Waals surface area (Å²) in [5.41, 5.74) is 0.0884. The molecule has 78 valence electrons. The summed E-state index contributed by atoms with van der Waals surface area (Å²) in [7, 11) is 0. The summed E-state index contributed by atoms with van der Waals surface area (Å²) in [4.78, 5) is 0. The Hall–Kier alpha value is -0.750. The van der Waals surface area contributed by atoms with E-state index in [9.17, 15) is 13.2 Å². The molecule has 0 bridgehead atoms. The summed E-state index contributed by atoms with van der Waals surface area (Å²) < 4.78 is 39.8. The first-order valence-electron chi connectivity index (χ1n) is 3.57. The average molecular weight is 271 g/mol. The van der Waals surface area contributed by atoms with E-state index in [0.29, 0.717) is 4.47 Å². The molecule has 0 unspecified atom stereocenters. The number of halogens is 4. The van der Waals surface area contributed by atoms with Gasteiger partial charge in [-0.2, -0.15) is 0 Å². The lowest BCUT2D eigenvalue weighted by atomic mass is 10.2. The molecule has 0 aliphatic heterocycles. The summed E-state index contributed by atoms with van der Waals surface area (Å²) in [6, 6.07) is 4.03. The summed E-state index contributed by atoms with van der Waals surface area (Å²) in [5.74, 6) is -0.394. The third-order valence-electron chi connectivity index (χ3n) is 1.43. The number of hydrogen-bond acceptors (Lipinski definition) is 2. The lowest BCUT2D eigenvalue weighted by Gasteiger charge is -2.12. The van der Waals surface area contributed by atoms with E-state index in [1.54, 1.807) is 0 Å². The van der Waals surface area contributed by atoms with Crippen molar-refractivity contribution in [3.05, 3.63) is 28.2 Å². The van der Waals surface area contributed by atoms with Crippen LogP contribution in [-0.4, -0.2) is 11.5 Å². The van der Waals surface area contributed by atoms with Gasteiger partial charge in [-0.05, 0) is 12.1 Å². The van der Waals surface area contributed by atoms with Crippen LogP contribution in [0.5, 0.6) is 5.75 Å². The summed E-state index contributed by atoms with van der Waals surface area (Å²) >= 11 is 3.00. The number of ether oxygens (including phenoxy) is 1. The van der Waals surface area contributed by atoms with E-state index < -0.39 is 18.7 Å². The molecule has 0 amide bonds. The van der Waals surface area contributed by atoms with Gasteiger partial charge in [-0.25, -0.2) is 0 Å². The third kappa shape index (κ3) is 3.19. The van der Waals surface area contributed by atoms with Crippen LogP contribution in [0.3, 0.4) is 0 Å². The van der Waals surface area contributed by atoms with Gasteiger partial charge in [-0.15, -0.1) is 13.2 Å². The predicted octanol–water partition coefficient (Wildman–Crippen LogP) is 2.84. The Morgan fingerprint density at radius 3 is 2.50 bits per heavy atom. The van der Waals surface area contributed by atoms with Crippen LogP contribution in [0.1, 0.15) is 5.56 Å². The predicted molar refractivity (Wildman–Crippen MR) is 46.7 cm³/mol. The molecule has 14 heavy (non-hydrogen) atoms. The van der Waals surface area contributed by atoms with Gasteiger partial charge in [0.2, 0.25) is 0 Å². The van der Waals surface area contributed by atoms with E-state index in [1.807, 2.05) is 0 Å². The fraction of sp³-hybridized carbons (Fsp3) is 0.250. The zero-order valence-electron chi connectivity index (χ0n) is 6.81. The molecule has 0 aliphatic rings. The molecule has 0 atom stereocenters. The first-order chi connectivity index (χ1) is 6.42. The van der Waals surface area contributed by atoms with Crippen LogP contribution in [0.15, 0.2) is 22.7 Å². The van der Waals surface area contributed by atoms with Gasteiger partial charge in [0.05, 0.1) is 6.61 Å². The molecule has 1 aromatic rings. The lowest BCUT2D eigenvalue weighted by molar-refractivity contribution is -0.275. The minimum absolute atomic E-state index is 0.0884. The smallest absolute Gasteiger partial charge is 0.405 e. The molecule has 1 aromatic carbocycles. The van der Waals surface area contributed by atoms with Gasteiger partial charge in [-0.3, -0.25) is 0 Å². The molecule has 1 N–H and O–H groups in total. The maximum absolute atomic E-state index is 11.9. The Labute approximate surface area is 86.4 Å². The highest BCUT2D eigenvalue weighted by Gasteiger charge is 2.32. The second kappa shape index (κ2) is 4.18. The number of benzene rings is 1. The van der Waals surface area contributed by atoms with Crippen molar-refractivity contribution in [2.45, 2.75) is 13.0 Å². The molecule has 0 spiro atoms. The molecule has 0 aromatic heterocycles. The normalized spacial score (nSPS) is 11.5. The van der Waals surface area contributed by atoms with Crippen molar-refractivity contribution >= 4 is 15.9 Å². The maximum Gasteiger partial charge on any atom is 0.573 e. The lowest BCUT2D eigenvalue weighted by Crippen LogP contribution is -2.18. The van der Waals surface area contributed by atoms with Crippen LogP contribution < -0.4 is 4.74 Å². The van der Waals surface area contributed by atoms with Crippen LogP contribution in [-0.2, 0) is 6.61 Å². The van der Waals surface area contributed by atoms with E-state index in [4.69, 9.17) is 5.11 Å². The number of hydrogen-bond donors (Lipinski definition) is 1. The maximum atomic E-state index is 11.9. The van der Waals surface area contributed by atoms with E-state index in [-0.39, 0.29) is 5.56 Å². The topological polar surface area (TPSA) is 29.5 Å². The fourth-order valence-corrected chi connectivity index (χ4v) is 1.22. The molecular weight excluding hydrogens is 265 g/mol. The molecule has 0 fully saturated rings. The van der Waals surface area contributed by atoms with Crippen molar-refractivity contribution < 1.29 is 23.0 Å². The van der Waals surface area contributed by atoms with Crippen molar-refractivity contribution in [3.63, 3.8) is 0 Å². The first-order valence-corrected chi connectivity index (χ1v) is 4.36. The zero-order valence-corrected chi connectivity index (χ0v) is 8.39. The molecule has 0 heterocycles. The highest BCUT2D eigenvalue weighted by atomic mass is 79.9. The number of aliphatic hydroxyl groups is 1. The molecule has 0 saturated carbocycles. The van der Waals surface area contributed by atoms with Gasteiger partial charge in [0, 0.05) is 10.0 Å². The largest absolute Gasteiger partial charge is 0.573 e. The van der Waals surface area contributed by atoms with E-state index in [1.165, 1.54) is 12.1 Å². The molecule has 6 heteroatoms. The Kier molecular flexibility index (Phi) is 3.38. The van der Waals surface area contributed by atoms with Crippen molar-refractivity contribution in [2.24, 2.45) is 0 Å². The van der Waals surface area contributed by atoms with Gasteiger partial charge < -0.3 is 9.84 Å². The highest BCUT2D eigenvalue weighted by Crippen LogP contribution is 2.29. The van der Waals surface area contributed by atoms with Crippen LogP contribution >= 0.6 is 15.9 Å². The third-order valence-corrected chi connectivity index (χ3v) is 1.92. The first kappa shape index (κ1) is 11.3. The molecule has 0 radical (unpaired) electrons. The fourth-order valence-electron chi connectivity index (χ4n) is 0.879. The van der Waals surface area contributed by atoms with Gasteiger partial charge in [0.1, 0.15) is 5.75 Å². The second-order valence-electron chi connectivity index (χ2n) is 2.46. The van der Waals surface area contributed by atoms with E-state index >= 15 is 0 Å². The molecule has 2 nitrogen and oxygen atoms in total. The van der Waals surface area contributed by atoms with Crippen molar-refractivity contribution in [1.82, 2.24) is 0 Å². The van der Waals surface area contributed by atoms with Crippen molar-refractivity contribution in [2.75, 3.05) is 0 Å². The number of aliphatic hydroxyl groups excluding tert-OH is 1. The van der Waals surface area contributed by atoms with Gasteiger partial charge in [0.25, 0.3) is 0 Å². The Bertz CT molecular complexity index is 325. The number of rotatable bonds is 2. The van der Waals surface area contributed by atoms with Crippen LogP contribution in [0, 0.1) is 0 Å². The number of alkyl halides is 3. The van der Waals surface area contributed by atoms with Gasteiger partial charge >= 0.3 is 6.36 Å². The van der Waals surface area contributed by atoms with Gasteiger partial charge in [-0.1, -0.05) is 22.0 Å². The average Bonchev–Trinajstić information content (AvgIpc) is 2.01. The second-order valence-corrected chi connectivity index (χ2v) is 3.37. The molecular formula is C8H6BrF3O2.